The first-order chi connectivity index (χ1) is 19.4. The molecule has 0 nitrogen and oxygen atoms in total. The van der Waals surface area contributed by atoms with Gasteiger partial charge < -0.3 is 0 Å². The number of rotatable bonds is 1. The molecule has 0 saturated carbocycles. The highest BCUT2D eigenvalue weighted by atomic mass is 14.5. The highest BCUT2D eigenvalue weighted by molar-refractivity contribution is 6.11. The van der Waals surface area contributed by atoms with Crippen molar-refractivity contribution in [2.75, 3.05) is 0 Å². The zero-order chi connectivity index (χ0) is 25.6. The molecule has 2 aliphatic carbocycles. The maximum absolute atomic E-state index is 2.51. The summed E-state index contributed by atoms with van der Waals surface area (Å²) in [6.45, 7) is 0. The normalized spacial score (nSPS) is 13.8. The SMILES string of the molecule is c1ccc2c(c1)-c1ccccc1C21c2ccccc2-c2c1cc(-c1ccc3ccccc3c1)c1ccccc21. The summed E-state index contributed by atoms with van der Waals surface area (Å²) in [5, 5.41) is 5.17. The highest BCUT2D eigenvalue weighted by Crippen LogP contribution is 2.64. The van der Waals surface area contributed by atoms with Crippen LogP contribution in [0.4, 0.5) is 0 Å². The molecule has 0 heteroatoms. The zero-order valence-corrected chi connectivity index (χ0v) is 21.4. The molecule has 0 aliphatic heterocycles. The fraction of sp³-hybridized carbons (Fsp3) is 0.0256. The molecule has 180 valence electrons. The molecule has 9 rings (SSSR count). The summed E-state index contributed by atoms with van der Waals surface area (Å²) >= 11 is 0. The second kappa shape index (κ2) is 7.56. The second-order valence-electron chi connectivity index (χ2n) is 10.8. The third-order valence-corrected chi connectivity index (χ3v) is 9.06. The average Bonchev–Trinajstić information content (AvgIpc) is 3.48. The first kappa shape index (κ1) is 21.0. The van der Waals surface area contributed by atoms with E-state index in [1.54, 1.807) is 0 Å². The highest BCUT2D eigenvalue weighted by Gasteiger charge is 2.52. The Hall–Kier alpha value is -4.94. The van der Waals surface area contributed by atoms with Crippen LogP contribution in [0.2, 0.25) is 0 Å². The van der Waals surface area contributed by atoms with E-state index in [0.717, 1.165) is 0 Å². The van der Waals surface area contributed by atoms with Crippen molar-refractivity contribution in [3.05, 3.63) is 168 Å². The number of fused-ring (bicyclic) bond motifs is 13. The molecule has 0 saturated heterocycles. The fourth-order valence-corrected chi connectivity index (χ4v) is 7.55. The monoisotopic (exact) mass is 492 g/mol. The van der Waals surface area contributed by atoms with E-state index >= 15 is 0 Å². The van der Waals surface area contributed by atoms with E-state index in [-0.39, 0.29) is 5.41 Å². The van der Waals surface area contributed by atoms with Crippen LogP contribution in [-0.2, 0) is 5.41 Å². The molecule has 1 spiro atoms. The fourth-order valence-electron chi connectivity index (χ4n) is 7.55. The Balaban J connectivity index is 1.48. The maximum atomic E-state index is 2.51. The van der Waals surface area contributed by atoms with E-state index in [2.05, 4.69) is 146 Å². The van der Waals surface area contributed by atoms with E-state index < -0.39 is 0 Å². The van der Waals surface area contributed by atoms with E-state index in [1.165, 1.54) is 77.2 Å². The molecule has 0 aromatic heterocycles. The van der Waals surface area contributed by atoms with Gasteiger partial charge in [-0.05, 0) is 89.3 Å². The maximum Gasteiger partial charge on any atom is 0.0725 e. The first-order valence-electron chi connectivity index (χ1n) is 13.7. The summed E-state index contributed by atoms with van der Waals surface area (Å²) in [6.07, 6.45) is 0. The first-order valence-corrected chi connectivity index (χ1v) is 13.7. The Morgan fingerprint density at radius 1 is 0.333 bits per heavy atom. The standard InChI is InChI=1S/C39H24/c1-2-12-26-23-27(22-21-25(26)11-1)33-24-37-38(31-16-4-3-13-28(31)33)32-17-7-10-20-36(32)39(37)34-18-8-5-14-29(34)30-15-6-9-19-35(30)39/h1-24H. The molecule has 2 aliphatic rings. The van der Waals surface area contributed by atoms with Gasteiger partial charge in [-0.2, -0.15) is 0 Å². The van der Waals surface area contributed by atoms with Crippen LogP contribution in [0.3, 0.4) is 0 Å². The van der Waals surface area contributed by atoms with Crippen LogP contribution < -0.4 is 0 Å². The van der Waals surface area contributed by atoms with Crippen molar-refractivity contribution >= 4 is 21.5 Å². The molecular formula is C39H24. The largest absolute Gasteiger partial charge is 0.0725 e. The summed E-state index contributed by atoms with van der Waals surface area (Å²) in [5.74, 6) is 0. The van der Waals surface area contributed by atoms with Crippen molar-refractivity contribution in [1.29, 1.82) is 0 Å². The van der Waals surface area contributed by atoms with Crippen molar-refractivity contribution in [3.63, 3.8) is 0 Å². The minimum Gasteiger partial charge on any atom is -0.0619 e. The van der Waals surface area contributed by atoms with Gasteiger partial charge in [0.05, 0.1) is 5.41 Å². The average molecular weight is 493 g/mol. The van der Waals surface area contributed by atoms with Crippen molar-refractivity contribution in [2.24, 2.45) is 0 Å². The lowest BCUT2D eigenvalue weighted by Crippen LogP contribution is -2.25. The molecule has 0 N–H and O–H groups in total. The van der Waals surface area contributed by atoms with Crippen LogP contribution in [0.25, 0.3) is 54.9 Å². The molecule has 39 heavy (non-hydrogen) atoms. The van der Waals surface area contributed by atoms with Gasteiger partial charge in [0.2, 0.25) is 0 Å². The van der Waals surface area contributed by atoms with Gasteiger partial charge in [-0.1, -0.05) is 133 Å². The summed E-state index contributed by atoms with van der Waals surface area (Å²) in [4.78, 5) is 0. The summed E-state index contributed by atoms with van der Waals surface area (Å²) < 4.78 is 0. The molecule has 0 atom stereocenters. The third-order valence-electron chi connectivity index (χ3n) is 9.06. The summed E-state index contributed by atoms with van der Waals surface area (Å²) in [6, 6.07) is 54.2. The van der Waals surface area contributed by atoms with Gasteiger partial charge in [0, 0.05) is 0 Å². The number of benzene rings is 7. The predicted octanol–water partition coefficient (Wildman–Crippen LogP) is 10.0. The number of hydrogen-bond acceptors (Lipinski definition) is 0. The van der Waals surface area contributed by atoms with Gasteiger partial charge in [-0.3, -0.25) is 0 Å². The Bertz CT molecular complexity index is 2080. The molecule has 0 fully saturated rings. The quantitative estimate of drug-likeness (QED) is 0.214. The zero-order valence-electron chi connectivity index (χ0n) is 21.4. The molecule has 0 radical (unpaired) electrons. The molecule has 0 heterocycles. The van der Waals surface area contributed by atoms with Gasteiger partial charge in [-0.25, -0.2) is 0 Å². The van der Waals surface area contributed by atoms with Crippen LogP contribution in [0.5, 0.6) is 0 Å². The van der Waals surface area contributed by atoms with Crippen LogP contribution in [0, 0.1) is 0 Å². The molecule has 0 unspecified atom stereocenters. The lowest BCUT2D eigenvalue weighted by molar-refractivity contribution is 0.794. The second-order valence-corrected chi connectivity index (χ2v) is 10.8. The minimum absolute atomic E-state index is 0.339. The van der Waals surface area contributed by atoms with Crippen LogP contribution in [-0.4, -0.2) is 0 Å². The Kier molecular flexibility index (Phi) is 4.08. The van der Waals surface area contributed by atoms with Gasteiger partial charge in [-0.15, -0.1) is 0 Å². The molecular weight excluding hydrogens is 468 g/mol. The Morgan fingerprint density at radius 2 is 0.872 bits per heavy atom. The van der Waals surface area contributed by atoms with Crippen molar-refractivity contribution in [2.45, 2.75) is 5.41 Å². The Morgan fingerprint density at radius 3 is 1.59 bits per heavy atom. The van der Waals surface area contributed by atoms with Crippen LogP contribution in [0.1, 0.15) is 22.3 Å². The molecule has 0 amide bonds. The van der Waals surface area contributed by atoms with Gasteiger partial charge in [0.15, 0.2) is 0 Å². The number of hydrogen-bond donors (Lipinski definition) is 0. The smallest absolute Gasteiger partial charge is 0.0619 e. The van der Waals surface area contributed by atoms with Crippen molar-refractivity contribution in [1.82, 2.24) is 0 Å². The van der Waals surface area contributed by atoms with E-state index in [1.807, 2.05) is 0 Å². The topological polar surface area (TPSA) is 0 Å². The van der Waals surface area contributed by atoms with E-state index in [4.69, 9.17) is 0 Å². The van der Waals surface area contributed by atoms with Crippen LogP contribution in [0.15, 0.2) is 146 Å². The van der Waals surface area contributed by atoms with Gasteiger partial charge in [0.25, 0.3) is 0 Å². The third kappa shape index (κ3) is 2.59. The van der Waals surface area contributed by atoms with Crippen molar-refractivity contribution in [3.8, 4) is 33.4 Å². The van der Waals surface area contributed by atoms with Gasteiger partial charge >= 0.3 is 0 Å². The van der Waals surface area contributed by atoms with Gasteiger partial charge in [0.1, 0.15) is 0 Å². The van der Waals surface area contributed by atoms with E-state index in [9.17, 15) is 0 Å². The van der Waals surface area contributed by atoms with Crippen LogP contribution >= 0.6 is 0 Å². The predicted molar refractivity (Wildman–Crippen MR) is 163 cm³/mol. The summed E-state index contributed by atoms with van der Waals surface area (Å²) in [7, 11) is 0. The minimum atomic E-state index is -0.339. The van der Waals surface area contributed by atoms with E-state index in [0.29, 0.717) is 0 Å². The molecule has 0 bridgehead atoms. The van der Waals surface area contributed by atoms with Crippen molar-refractivity contribution < 1.29 is 0 Å². The lowest BCUT2D eigenvalue weighted by Gasteiger charge is -2.31. The lowest BCUT2D eigenvalue weighted by atomic mass is 9.70. The Labute approximate surface area is 227 Å². The summed E-state index contributed by atoms with van der Waals surface area (Å²) in [5.41, 5.74) is 13.2. The molecule has 7 aromatic rings. The molecule has 7 aromatic carbocycles.